The molecule has 2 rings (SSSR count). The number of nitrogens with zero attached hydrogens (tertiary/aromatic N) is 3. The van der Waals surface area contributed by atoms with E-state index < -0.39 is 5.91 Å². The predicted octanol–water partition coefficient (Wildman–Crippen LogP) is 1.61. The second-order valence-electron chi connectivity index (χ2n) is 5.30. The molecule has 0 unspecified atom stereocenters. The van der Waals surface area contributed by atoms with Crippen molar-refractivity contribution >= 4 is 11.7 Å². The van der Waals surface area contributed by atoms with E-state index >= 15 is 0 Å². The first-order valence-electron chi connectivity index (χ1n) is 7.17. The second kappa shape index (κ2) is 7.51. The Labute approximate surface area is 130 Å². The maximum atomic E-state index is 11.7. The van der Waals surface area contributed by atoms with Crippen LogP contribution in [0.15, 0.2) is 36.8 Å². The molecule has 0 aliphatic heterocycles. The number of carbonyl (C=O) groups excluding carboxylic acids is 1. The van der Waals surface area contributed by atoms with Crippen molar-refractivity contribution in [2.75, 3.05) is 32.5 Å². The highest BCUT2D eigenvalue weighted by atomic mass is 16.1. The van der Waals surface area contributed by atoms with Crippen molar-refractivity contribution in [1.29, 1.82) is 0 Å². The van der Waals surface area contributed by atoms with E-state index in [-0.39, 0.29) is 0 Å². The van der Waals surface area contributed by atoms with E-state index in [1.165, 1.54) is 0 Å². The summed E-state index contributed by atoms with van der Waals surface area (Å²) in [5.41, 5.74) is 7.67. The molecule has 0 aliphatic carbocycles. The predicted molar refractivity (Wildman–Crippen MR) is 87.6 cm³/mol. The van der Waals surface area contributed by atoms with Crippen molar-refractivity contribution < 1.29 is 4.79 Å². The molecule has 0 saturated carbocycles. The number of primary amides is 1. The minimum absolute atomic E-state index is 0.402. The van der Waals surface area contributed by atoms with Gasteiger partial charge < -0.3 is 16.0 Å². The summed E-state index contributed by atoms with van der Waals surface area (Å²) in [4.78, 5) is 22.1. The number of carbonyl (C=O) groups is 1. The van der Waals surface area contributed by atoms with E-state index in [9.17, 15) is 4.79 Å². The van der Waals surface area contributed by atoms with Crippen LogP contribution in [0.3, 0.4) is 0 Å². The highest BCUT2D eigenvalue weighted by Gasteiger charge is 2.11. The minimum Gasteiger partial charge on any atom is -0.369 e. The number of rotatable bonds is 7. The van der Waals surface area contributed by atoms with Gasteiger partial charge in [0.1, 0.15) is 5.82 Å². The maximum absolute atomic E-state index is 11.7. The van der Waals surface area contributed by atoms with Gasteiger partial charge in [-0.3, -0.25) is 9.78 Å². The molecule has 6 heteroatoms. The van der Waals surface area contributed by atoms with Crippen molar-refractivity contribution in [1.82, 2.24) is 14.9 Å². The molecule has 22 heavy (non-hydrogen) atoms. The molecule has 0 atom stereocenters. The third-order valence-electron chi connectivity index (χ3n) is 3.24. The molecule has 0 spiro atoms. The fraction of sp³-hybridized carbons (Fsp3) is 0.312. The molecule has 3 N–H and O–H groups in total. The number of aromatic nitrogens is 2. The summed E-state index contributed by atoms with van der Waals surface area (Å²) in [7, 11) is 4.05. The summed E-state index contributed by atoms with van der Waals surface area (Å²) in [6.45, 7) is 1.70. The summed E-state index contributed by atoms with van der Waals surface area (Å²) >= 11 is 0. The molecule has 6 nitrogen and oxygen atoms in total. The molecule has 1 amide bonds. The second-order valence-corrected chi connectivity index (χ2v) is 5.30. The quantitative estimate of drug-likeness (QED) is 0.759. The standard InChI is InChI=1S/C16H21N5O/c1-21(2)9-3-6-19-16-14(15(17)22)10-13(11-20-16)12-4-7-18-8-5-12/h4-5,7-8,10-11H,3,6,9H2,1-2H3,(H2,17,22)(H,19,20). The van der Waals surface area contributed by atoms with Crippen molar-refractivity contribution in [3.63, 3.8) is 0 Å². The molecule has 0 radical (unpaired) electrons. The largest absolute Gasteiger partial charge is 0.369 e. The van der Waals surface area contributed by atoms with Gasteiger partial charge in [0.2, 0.25) is 0 Å². The zero-order valence-corrected chi connectivity index (χ0v) is 12.9. The van der Waals surface area contributed by atoms with E-state index in [1.807, 2.05) is 26.2 Å². The average molecular weight is 299 g/mol. The van der Waals surface area contributed by atoms with Gasteiger partial charge in [0, 0.05) is 30.7 Å². The maximum Gasteiger partial charge on any atom is 0.252 e. The van der Waals surface area contributed by atoms with E-state index in [2.05, 4.69) is 20.2 Å². The first-order chi connectivity index (χ1) is 10.6. The van der Waals surface area contributed by atoms with Gasteiger partial charge in [-0.25, -0.2) is 4.98 Å². The van der Waals surface area contributed by atoms with Gasteiger partial charge >= 0.3 is 0 Å². The Morgan fingerprint density at radius 1 is 1.27 bits per heavy atom. The first-order valence-corrected chi connectivity index (χ1v) is 7.17. The van der Waals surface area contributed by atoms with Crippen molar-refractivity contribution in [3.8, 4) is 11.1 Å². The van der Waals surface area contributed by atoms with E-state index in [4.69, 9.17) is 5.73 Å². The molecule has 2 aromatic rings. The SMILES string of the molecule is CN(C)CCCNc1ncc(-c2ccncc2)cc1C(N)=O. The molecule has 116 valence electrons. The fourth-order valence-corrected chi connectivity index (χ4v) is 2.10. The highest BCUT2D eigenvalue weighted by Crippen LogP contribution is 2.22. The lowest BCUT2D eigenvalue weighted by atomic mass is 10.1. The Hall–Kier alpha value is -2.47. The molecule has 0 aromatic carbocycles. The third-order valence-corrected chi connectivity index (χ3v) is 3.24. The molecule has 2 heterocycles. The third kappa shape index (κ3) is 4.26. The van der Waals surface area contributed by atoms with E-state index in [0.29, 0.717) is 11.4 Å². The summed E-state index contributed by atoms with van der Waals surface area (Å²) in [6.07, 6.45) is 6.09. The Morgan fingerprint density at radius 3 is 2.64 bits per heavy atom. The Kier molecular flexibility index (Phi) is 5.43. The number of nitrogens with one attached hydrogen (secondary N) is 1. The van der Waals surface area contributed by atoms with Crippen molar-refractivity contribution in [2.24, 2.45) is 5.73 Å². The van der Waals surface area contributed by atoms with Crippen molar-refractivity contribution in [2.45, 2.75) is 6.42 Å². The van der Waals surface area contributed by atoms with E-state index in [1.54, 1.807) is 24.7 Å². The number of nitrogens with two attached hydrogens (primary N) is 1. The summed E-state index contributed by atoms with van der Waals surface area (Å²) in [5, 5.41) is 3.18. The molecule has 0 bridgehead atoms. The molecule has 2 aromatic heterocycles. The van der Waals surface area contributed by atoms with E-state index in [0.717, 1.165) is 30.6 Å². The fourth-order valence-electron chi connectivity index (χ4n) is 2.10. The van der Waals surface area contributed by atoms with Crippen LogP contribution in [0, 0.1) is 0 Å². The normalized spacial score (nSPS) is 10.7. The summed E-state index contributed by atoms with van der Waals surface area (Å²) < 4.78 is 0. The van der Waals surface area contributed by atoms with Gasteiger partial charge in [-0.2, -0.15) is 0 Å². The Morgan fingerprint density at radius 2 is 2.00 bits per heavy atom. The van der Waals surface area contributed by atoms with Crippen LogP contribution in [-0.2, 0) is 0 Å². The molecule has 0 fully saturated rings. The van der Waals surface area contributed by atoms with Gasteiger partial charge in [-0.1, -0.05) is 0 Å². The monoisotopic (exact) mass is 299 g/mol. The van der Waals surface area contributed by atoms with Crippen LogP contribution in [0.2, 0.25) is 0 Å². The van der Waals surface area contributed by atoms with Crippen LogP contribution < -0.4 is 11.1 Å². The number of hydrogen-bond acceptors (Lipinski definition) is 5. The number of hydrogen-bond donors (Lipinski definition) is 2. The van der Waals surface area contributed by atoms with Crippen molar-refractivity contribution in [3.05, 3.63) is 42.4 Å². The van der Waals surface area contributed by atoms with Crippen LogP contribution in [0.25, 0.3) is 11.1 Å². The first kappa shape index (κ1) is 15.9. The zero-order chi connectivity index (χ0) is 15.9. The highest BCUT2D eigenvalue weighted by molar-refractivity contribution is 5.98. The zero-order valence-electron chi connectivity index (χ0n) is 12.9. The molecule has 0 saturated heterocycles. The van der Waals surface area contributed by atoms with Gasteiger partial charge in [0.15, 0.2) is 0 Å². The van der Waals surface area contributed by atoms with Gasteiger partial charge in [-0.05, 0) is 50.8 Å². The summed E-state index contributed by atoms with van der Waals surface area (Å²) in [5.74, 6) is 0.0441. The lowest BCUT2D eigenvalue weighted by Gasteiger charge is -2.12. The van der Waals surface area contributed by atoms with Gasteiger partial charge in [0.05, 0.1) is 5.56 Å². The minimum atomic E-state index is -0.487. The van der Waals surface area contributed by atoms with Crippen LogP contribution in [0.1, 0.15) is 16.8 Å². The molecular formula is C16H21N5O. The van der Waals surface area contributed by atoms with Crippen LogP contribution in [0.4, 0.5) is 5.82 Å². The lowest BCUT2D eigenvalue weighted by Crippen LogP contribution is -2.19. The molecular weight excluding hydrogens is 278 g/mol. The lowest BCUT2D eigenvalue weighted by molar-refractivity contribution is 0.100. The average Bonchev–Trinajstić information content (AvgIpc) is 2.52. The Balaban J connectivity index is 2.16. The molecule has 0 aliphatic rings. The van der Waals surface area contributed by atoms with Gasteiger partial charge in [-0.15, -0.1) is 0 Å². The Bertz CT molecular complexity index is 628. The number of amides is 1. The number of pyridine rings is 2. The van der Waals surface area contributed by atoms with Crippen LogP contribution in [0.5, 0.6) is 0 Å². The van der Waals surface area contributed by atoms with Crippen LogP contribution in [-0.4, -0.2) is 48.0 Å². The summed E-state index contributed by atoms with van der Waals surface area (Å²) in [6, 6.07) is 5.50. The van der Waals surface area contributed by atoms with Crippen LogP contribution >= 0.6 is 0 Å². The number of anilines is 1. The topological polar surface area (TPSA) is 84.1 Å². The van der Waals surface area contributed by atoms with Gasteiger partial charge in [0.25, 0.3) is 5.91 Å². The smallest absolute Gasteiger partial charge is 0.252 e.